The molecule has 2 heterocycles. The van der Waals surface area contributed by atoms with Crippen molar-refractivity contribution in [1.82, 2.24) is 9.97 Å². The van der Waals surface area contributed by atoms with Gasteiger partial charge in [0.05, 0.1) is 6.54 Å². The summed E-state index contributed by atoms with van der Waals surface area (Å²) in [4.78, 5) is 7.24. The van der Waals surface area contributed by atoms with Gasteiger partial charge in [0.2, 0.25) is 0 Å². The Hall–Kier alpha value is -1.81. The topological polar surface area (TPSA) is 40.7 Å². The van der Waals surface area contributed by atoms with Crippen LogP contribution in [0.1, 0.15) is 5.82 Å². The van der Waals surface area contributed by atoms with E-state index in [0.717, 1.165) is 18.1 Å². The predicted molar refractivity (Wildman–Crippen MR) is 67.7 cm³/mol. The Bertz CT molecular complexity index is 583. The van der Waals surface area contributed by atoms with E-state index >= 15 is 0 Å². The maximum absolute atomic E-state index is 4.17. The van der Waals surface area contributed by atoms with E-state index in [4.69, 9.17) is 0 Å². The van der Waals surface area contributed by atoms with Gasteiger partial charge in [0, 0.05) is 22.8 Å². The highest BCUT2D eigenvalue weighted by atomic mass is 32.1. The molecule has 4 heteroatoms. The number of imidazole rings is 1. The summed E-state index contributed by atoms with van der Waals surface area (Å²) in [6.07, 6.45) is 3.60. The van der Waals surface area contributed by atoms with Gasteiger partial charge in [-0.05, 0) is 35.0 Å². The summed E-state index contributed by atoms with van der Waals surface area (Å²) in [5, 5.41) is 6.74. The standard InChI is InChI=1S/C12H11N3S/c1-2-11-9(3-6-16-11)7-10(1)15-8-12-13-4-5-14-12/h1-7,15H,8H2,(H,13,14). The molecule has 0 bridgehead atoms. The molecule has 0 radical (unpaired) electrons. The zero-order valence-corrected chi connectivity index (χ0v) is 9.42. The fourth-order valence-corrected chi connectivity index (χ4v) is 2.43. The summed E-state index contributed by atoms with van der Waals surface area (Å²) in [7, 11) is 0. The highest BCUT2D eigenvalue weighted by Gasteiger charge is 1.98. The molecule has 3 rings (SSSR count). The van der Waals surface area contributed by atoms with Gasteiger partial charge in [0.15, 0.2) is 0 Å². The molecule has 2 N–H and O–H groups in total. The number of H-pyrrole nitrogens is 1. The molecule has 80 valence electrons. The third kappa shape index (κ3) is 1.79. The van der Waals surface area contributed by atoms with Crippen LogP contribution >= 0.6 is 11.3 Å². The van der Waals surface area contributed by atoms with E-state index in [0.29, 0.717) is 0 Å². The minimum Gasteiger partial charge on any atom is -0.378 e. The van der Waals surface area contributed by atoms with Gasteiger partial charge in [0.1, 0.15) is 5.82 Å². The van der Waals surface area contributed by atoms with Gasteiger partial charge in [-0.3, -0.25) is 0 Å². The Morgan fingerprint density at radius 2 is 2.31 bits per heavy atom. The van der Waals surface area contributed by atoms with E-state index in [2.05, 4.69) is 44.9 Å². The monoisotopic (exact) mass is 229 g/mol. The fraction of sp³-hybridized carbons (Fsp3) is 0.0833. The number of aromatic amines is 1. The van der Waals surface area contributed by atoms with Gasteiger partial charge in [-0.15, -0.1) is 11.3 Å². The zero-order chi connectivity index (χ0) is 10.8. The average Bonchev–Trinajstić information content (AvgIpc) is 2.97. The number of nitrogens with one attached hydrogen (secondary N) is 2. The summed E-state index contributed by atoms with van der Waals surface area (Å²) in [5.74, 6) is 0.949. The van der Waals surface area contributed by atoms with Crippen LogP contribution in [-0.2, 0) is 6.54 Å². The number of benzene rings is 1. The maximum Gasteiger partial charge on any atom is 0.125 e. The Labute approximate surface area is 97.2 Å². The summed E-state index contributed by atoms with van der Waals surface area (Å²) in [5.41, 5.74) is 1.13. The van der Waals surface area contributed by atoms with Gasteiger partial charge < -0.3 is 10.3 Å². The molecule has 3 aromatic rings. The first-order valence-corrected chi connectivity index (χ1v) is 5.99. The van der Waals surface area contributed by atoms with Crippen molar-refractivity contribution in [3.63, 3.8) is 0 Å². The minimum absolute atomic E-state index is 0.725. The Kier molecular flexibility index (Phi) is 2.34. The number of aromatic nitrogens is 2. The summed E-state index contributed by atoms with van der Waals surface area (Å²) in [6, 6.07) is 8.54. The number of thiophene rings is 1. The van der Waals surface area contributed by atoms with Crippen LogP contribution in [0.2, 0.25) is 0 Å². The molecule has 0 aliphatic rings. The first-order chi connectivity index (χ1) is 7.92. The van der Waals surface area contributed by atoms with E-state index in [1.165, 1.54) is 10.1 Å². The van der Waals surface area contributed by atoms with Crippen molar-refractivity contribution in [1.29, 1.82) is 0 Å². The molecule has 0 amide bonds. The molecular formula is C12H11N3S. The number of anilines is 1. The van der Waals surface area contributed by atoms with Crippen LogP contribution < -0.4 is 5.32 Å². The first-order valence-electron chi connectivity index (χ1n) is 5.11. The number of hydrogen-bond acceptors (Lipinski definition) is 3. The quantitative estimate of drug-likeness (QED) is 0.724. The third-order valence-electron chi connectivity index (χ3n) is 2.47. The molecule has 0 saturated carbocycles. The molecular weight excluding hydrogens is 218 g/mol. The fourth-order valence-electron chi connectivity index (χ4n) is 1.66. The van der Waals surface area contributed by atoms with Crippen molar-refractivity contribution in [2.24, 2.45) is 0 Å². The highest BCUT2D eigenvalue weighted by molar-refractivity contribution is 7.17. The Morgan fingerprint density at radius 1 is 1.31 bits per heavy atom. The Morgan fingerprint density at radius 3 is 3.19 bits per heavy atom. The molecule has 0 fully saturated rings. The zero-order valence-electron chi connectivity index (χ0n) is 8.60. The maximum atomic E-state index is 4.17. The second-order valence-electron chi connectivity index (χ2n) is 3.56. The summed E-state index contributed by atoms with van der Waals surface area (Å²) >= 11 is 1.77. The third-order valence-corrected chi connectivity index (χ3v) is 3.37. The molecule has 16 heavy (non-hydrogen) atoms. The molecule has 1 aromatic carbocycles. The lowest BCUT2D eigenvalue weighted by atomic mass is 10.2. The van der Waals surface area contributed by atoms with Crippen molar-refractivity contribution in [3.05, 3.63) is 47.9 Å². The number of hydrogen-bond donors (Lipinski definition) is 2. The first kappa shape index (κ1) is 9.42. The number of rotatable bonds is 3. The van der Waals surface area contributed by atoms with E-state index in [9.17, 15) is 0 Å². The largest absolute Gasteiger partial charge is 0.378 e. The van der Waals surface area contributed by atoms with E-state index in [-0.39, 0.29) is 0 Å². The van der Waals surface area contributed by atoms with Crippen LogP contribution in [0.15, 0.2) is 42.0 Å². The molecule has 0 aliphatic carbocycles. The Balaban J connectivity index is 1.78. The SMILES string of the molecule is c1c[nH]c(CNc2ccc3sccc3c2)n1. The molecule has 0 unspecified atom stereocenters. The average molecular weight is 229 g/mol. The van der Waals surface area contributed by atoms with Crippen molar-refractivity contribution in [2.75, 3.05) is 5.32 Å². The van der Waals surface area contributed by atoms with Gasteiger partial charge in [-0.25, -0.2) is 4.98 Å². The van der Waals surface area contributed by atoms with E-state index < -0.39 is 0 Å². The van der Waals surface area contributed by atoms with Crippen LogP contribution in [0, 0.1) is 0 Å². The van der Waals surface area contributed by atoms with Crippen LogP contribution in [0.4, 0.5) is 5.69 Å². The lowest BCUT2D eigenvalue weighted by molar-refractivity contribution is 1.00. The molecule has 0 atom stereocenters. The molecule has 0 spiro atoms. The molecule has 2 aromatic heterocycles. The van der Waals surface area contributed by atoms with Crippen molar-refractivity contribution < 1.29 is 0 Å². The smallest absolute Gasteiger partial charge is 0.125 e. The molecule has 0 saturated heterocycles. The van der Waals surface area contributed by atoms with Crippen LogP contribution in [0.5, 0.6) is 0 Å². The van der Waals surface area contributed by atoms with Crippen molar-refractivity contribution in [2.45, 2.75) is 6.54 Å². The predicted octanol–water partition coefficient (Wildman–Crippen LogP) is 3.24. The van der Waals surface area contributed by atoms with Gasteiger partial charge in [-0.1, -0.05) is 0 Å². The number of nitrogens with zero attached hydrogens (tertiary/aromatic N) is 1. The van der Waals surface area contributed by atoms with Crippen LogP contribution in [-0.4, -0.2) is 9.97 Å². The van der Waals surface area contributed by atoms with Crippen molar-refractivity contribution >= 4 is 27.1 Å². The normalized spacial score (nSPS) is 10.8. The second-order valence-corrected chi connectivity index (χ2v) is 4.51. The van der Waals surface area contributed by atoms with E-state index in [1.54, 1.807) is 17.5 Å². The molecule has 3 nitrogen and oxygen atoms in total. The van der Waals surface area contributed by atoms with Gasteiger partial charge in [0.25, 0.3) is 0 Å². The minimum atomic E-state index is 0.725. The summed E-state index contributed by atoms with van der Waals surface area (Å²) in [6.45, 7) is 0.725. The van der Waals surface area contributed by atoms with Gasteiger partial charge in [-0.2, -0.15) is 0 Å². The van der Waals surface area contributed by atoms with Gasteiger partial charge >= 0.3 is 0 Å². The van der Waals surface area contributed by atoms with Crippen molar-refractivity contribution in [3.8, 4) is 0 Å². The lowest BCUT2D eigenvalue weighted by Crippen LogP contribution is -2.00. The van der Waals surface area contributed by atoms with E-state index in [1.807, 2.05) is 6.20 Å². The lowest BCUT2D eigenvalue weighted by Gasteiger charge is -2.04. The highest BCUT2D eigenvalue weighted by Crippen LogP contribution is 2.24. The van der Waals surface area contributed by atoms with Crippen LogP contribution in [0.25, 0.3) is 10.1 Å². The number of fused-ring (bicyclic) bond motifs is 1. The molecule has 0 aliphatic heterocycles. The van der Waals surface area contributed by atoms with Crippen LogP contribution in [0.3, 0.4) is 0 Å². The summed E-state index contributed by atoms with van der Waals surface area (Å²) < 4.78 is 1.32. The second kappa shape index (κ2) is 3.98.